The van der Waals surface area contributed by atoms with Crippen molar-refractivity contribution in [3.63, 3.8) is 0 Å². The summed E-state index contributed by atoms with van der Waals surface area (Å²) in [5, 5.41) is 16.6. The number of amides is 2. The second-order valence-electron chi connectivity index (χ2n) is 6.65. The third-order valence-corrected chi connectivity index (χ3v) is 4.85. The van der Waals surface area contributed by atoms with Crippen LogP contribution in [0.15, 0.2) is 18.2 Å². The van der Waals surface area contributed by atoms with E-state index in [1.165, 1.54) is 4.90 Å². The van der Waals surface area contributed by atoms with E-state index in [2.05, 4.69) is 22.3 Å². The lowest BCUT2D eigenvalue weighted by molar-refractivity contribution is 0.100. The highest BCUT2D eigenvalue weighted by Gasteiger charge is 2.31. The van der Waals surface area contributed by atoms with E-state index < -0.39 is 12.0 Å². The molecule has 0 saturated carbocycles. The van der Waals surface area contributed by atoms with Gasteiger partial charge in [0.05, 0.1) is 20.3 Å². The Morgan fingerprint density at radius 1 is 1.23 bits per heavy atom. The highest BCUT2D eigenvalue weighted by Crippen LogP contribution is 2.29. The fraction of sp³-hybridized carbons (Fsp3) is 0.350. The Morgan fingerprint density at radius 2 is 1.90 bits per heavy atom. The van der Waals surface area contributed by atoms with Crippen molar-refractivity contribution in [1.82, 2.24) is 14.7 Å². The molecule has 1 atom stereocenters. The van der Waals surface area contributed by atoms with Gasteiger partial charge in [0.25, 0.3) is 5.91 Å². The number of aromatic nitrogens is 2. The predicted octanol–water partition coefficient (Wildman–Crippen LogP) is 1.37. The summed E-state index contributed by atoms with van der Waals surface area (Å²) in [7, 11) is 4.73. The number of ether oxygens (including phenoxy) is 2. The van der Waals surface area contributed by atoms with E-state index in [0.29, 0.717) is 35.8 Å². The van der Waals surface area contributed by atoms with Crippen LogP contribution in [0.3, 0.4) is 0 Å². The molecule has 158 valence electrons. The molecule has 30 heavy (non-hydrogen) atoms. The molecular formula is C20H23N5O5. The third kappa shape index (κ3) is 4.10. The minimum atomic E-state index is -0.988. The summed E-state index contributed by atoms with van der Waals surface area (Å²) < 4.78 is 12.1. The number of hydrogen-bond donors (Lipinski definition) is 3. The fourth-order valence-corrected chi connectivity index (χ4v) is 3.39. The number of carbonyl (C=O) groups is 2. The Hall–Kier alpha value is -3.87. The largest absolute Gasteiger partial charge is 0.497 e. The Labute approximate surface area is 173 Å². The zero-order valence-electron chi connectivity index (χ0n) is 16.9. The van der Waals surface area contributed by atoms with Crippen LogP contribution in [-0.4, -0.2) is 66.1 Å². The molecule has 1 aromatic heterocycles. The number of methoxy groups -OCH3 is 2. The lowest BCUT2D eigenvalue weighted by Crippen LogP contribution is -2.27. The summed E-state index contributed by atoms with van der Waals surface area (Å²) in [4.78, 5) is 24.7. The van der Waals surface area contributed by atoms with Crippen LogP contribution in [0, 0.1) is 11.8 Å². The lowest BCUT2D eigenvalue weighted by atomic mass is 10.1. The number of benzene rings is 1. The zero-order chi connectivity index (χ0) is 21.8. The highest BCUT2D eigenvalue weighted by atomic mass is 16.5. The van der Waals surface area contributed by atoms with Crippen molar-refractivity contribution in [3.8, 4) is 23.3 Å². The maximum Gasteiger partial charge on any atom is 0.407 e. The van der Waals surface area contributed by atoms with Gasteiger partial charge >= 0.3 is 6.09 Å². The Balaban J connectivity index is 2.02. The SMILES string of the molecule is CNc1c(C(N)=O)c(C#Cc2cc(OC)cc(OC)c2)nn1C1CCN(C(=O)O)C1. The third-order valence-electron chi connectivity index (χ3n) is 4.85. The van der Waals surface area contributed by atoms with E-state index in [1.54, 1.807) is 44.1 Å². The number of hydrogen-bond acceptors (Lipinski definition) is 6. The molecule has 2 aromatic rings. The summed E-state index contributed by atoms with van der Waals surface area (Å²) in [5.41, 5.74) is 6.58. The van der Waals surface area contributed by atoms with Gasteiger partial charge in [0.2, 0.25) is 0 Å². The van der Waals surface area contributed by atoms with E-state index in [4.69, 9.17) is 15.2 Å². The molecule has 1 unspecified atom stereocenters. The van der Waals surface area contributed by atoms with Crippen molar-refractivity contribution >= 4 is 17.8 Å². The molecule has 0 spiro atoms. The van der Waals surface area contributed by atoms with Gasteiger partial charge in [-0.15, -0.1) is 0 Å². The molecule has 2 heterocycles. The van der Waals surface area contributed by atoms with Gasteiger partial charge in [-0.1, -0.05) is 5.92 Å². The maximum absolute atomic E-state index is 12.1. The predicted molar refractivity (Wildman–Crippen MR) is 109 cm³/mol. The second kappa shape index (κ2) is 8.65. The average Bonchev–Trinajstić information content (AvgIpc) is 3.36. The molecule has 1 aliphatic rings. The molecule has 1 aromatic carbocycles. The van der Waals surface area contributed by atoms with E-state index >= 15 is 0 Å². The quantitative estimate of drug-likeness (QED) is 0.631. The van der Waals surface area contributed by atoms with Crippen LogP contribution in [-0.2, 0) is 0 Å². The average molecular weight is 413 g/mol. The van der Waals surface area contributed by atoms with Gasteiger partial charge in [0.15, 0.2) is 5.69 Å². The van der Waals surface area contributed by atoms with Crippen molar-refractivity contribution < 1.29 is 24.2 Å². The van der Waals surface area contributed by atoms with E-state index in [9.17, 15) is 14.7 Å². The van der Waals surface area contributed by atoms with Crippen LogP contribution in [0.5, 0.6) is 11.5 Å². The number of anilines is 1. The summed E-state index contributed by atoms with van der Waals surface area (Å²) in [6.45, 7) is 0.656. The van der Waals surface area contributed by atoms with Crippen LogP contribution in [0.1, 0.15) is 34.1 Å². The summed E-state index contributed by atoms with van der Waals surface area (Å²) in [5.74, 6) is 6.76. The number of likely N-dealkylation sites (tertiary alicyclic amines) is 1. The second-order valence-corrected chi connectivity index (χ2v) is 6.65. The van der Waals surface area contributed by atoms with E-state index in [0.717, 1.165) is 0 Å². The van der Waals surface area contributed by atoms with Gasteiger partial charge in [0.1, 0.15) is 22.9 Å². The Kier molecular flexibility index (Phi) is 6.01. The molecule has 1 saturated heterocycles. The van der Waals surface area contributed by atoms with Crippen molar-refractivity contribution in [2.75, 3.05) is 39.7 Å². The molecule has 3 rings (SSSR count). The monoisotopic (exact) mass is 413 g/mol. The molecule has 0 radical (unpaired) electrons. The molecule has 1 fully saturated rings. The van der Waals surface area contributed by atoms with Crippen LogP contribution < -0.4 is 20.5 Å². The van der Waals surface area contributed by atoms with Crippen LogP contribution in [0.2, 0.25) is 0 Å². The van der Waals surface area contributed by atoms with Crippen molar-refractivity contribution in [3.05, 3.63) is 35.0 Å². The molecule has 4 N–H and O–H groups in total. The van der Waals surface area contributed by atoms with Gasteiger partial charge in [-0.3, -0.25) is 4.79 Å². The number of nitrogens with two attached hydrogens (primary N) is 1. The van der Waals surface area contributed by atoms with Crippen molar-refractivity contribution in [2.45, 2.75) is 12.5 Å². The Morgan fingerprint density at radius 3 is 2.40 bits per heavy atom. The first-order valence-corrected chi connectivity index (χ1v) is 9.21. The summed E-state index contributed by atoms with van der Waals surface area (Å²) >= 11 is 0. The fourth-order valence-electron chi connectivity index (χ4n) is 3.39. The normalized spacial score (nSPS) is 15.3. The molecule has 2 amide bonds. The van der Waals surface area contributed by atoms with Gasteiger partial charge in [-0.2, -0.15) is 5.10 Å². The van der Waals surface area contributed by atoms with Gasteiger partial charge in [-0.05, 0) is 24.5 Å². The van der Waals surface area contributed by atoms with E-state index in [1.807, 2.05) is 0 Å². The number of nitrogens with one attached hydrogen (secondary N) is 1. The molecule has 0 bridgehead atoms. The summed E-state index contributed by atoms with van der Waals surface area (Å²) in [6, 6.07) is 4.96. The molecule has 0 aliphatic carbocycles. The zero-order valence-corrected chi connectivity index (χ0v) is 16.9. The standard InChI is InChI=1S/C20H23N5O5/c1-22-19-17(18(21)26)16(23-25(19)13-6-7-24(11-13)20(27)28)5-4-12-8-14(29-2)10-15(9-12)30-3/h8-10,13,22H,6-7,11H2,1-3H3,(H2,21,26)(H,27,28). The highest BCUT2D eigenvalue weighted by molar-refractivity contribution is 6.00. The minimum Gasteiger partial charge on any atom is -0.497 e. The van der Waals surface area contributed by atoms with Crippen molar-refractivity contribution in [1.29, 1.82) is 0 Å². The molecule has 10 heteroatoms. The number of carbonyl (C=O) groups excluding carboxylic acids is 1. The van der Waals surface area contributed by atoms with Crippen LogP contribution in [0.4, 0.5) is 10.6 Å². The molecule has 1 aliphatic heterocycles. The first kappa shape index (κ1) is 20.9. The Bertz CT molecular complexity index is 1010. The lowest BCUT2D eigenvalue weighted by Gasteiger charge is -2.15. The first-order chi connectivity index (χ1) is 14.4. The number of nitrogens with zero attached hydrogens (tertiary/aromatic N) is 3. The van der Waals surface area contributed by atoms with Gasteiger partial charge in [0, 0.05) is 31.8 Å². The minimum absolute atomic E-state index is 0.161. The smallest absolute Gasteiger partial charge is 0.407 e. The number of carboxylic acid groups (broad SMARTS) is 1. The summed E-state index contributed by atoms with van der Waals surface area (Å²) in [6.07, 6.45) is -0.418. The van der Waals surface area contributed by atoms with Gasteiger partial charge in [-0.25, -0.2) is 9.48 Å². The van der Waals surface area contributed by atoms with E-state index in [-0.39, 0.29) is 23.8 Å². The van der Waals surface area contributed by atoms with Crippen LogP contribution >= 0.6 is 0 Å². The van der Waals surface area contributed by atoms with Gasteiger partial charge < -0.3 is 30.5 Å². The van der Waals surface area contributed by atoms with Crippen molar-refractivity contribution in [2.24, 2.45) is 5.73 Å². The topological polar surface area (TPSA) is 132 Å². The first-order valence-electron chi connectivity index (χ1n) is 9.21. The van der Waals surface area contributed by atoms with Crippen LogP contribution in [0.25, 0.3) is 0 Å². The molecular weight excluding hydrogens is 390 g/mol. The maximum atomic E-state index is 12.1. The molecule has 10 nitrogen and oxygen atoms in total. The number of primary amides is 1. The number of rotatable bonds is 5.